The fourth-order valence-electron chi connectivity index (χ4n) is 2.76. The molecule has 148 valence electrons. The highest BCUT2D eigenvalue weighted by molar-refractivity contribution is 5.99. The number of nitrogens with zero attached hydrogens (tertiary/aromatic N) is 2. The highest BCUT2D eigenvalue weighted by atomic mass is 16.6. The molecule has 0 N–H and O–H groups in total. The zero-order chi connectivity index (χ0) is 20.6. The normalized spacial score (nSPS) is 12.9. The van der Waals surface area contributed by atoms with Gasteiger partial charge >= 0.3 is 6.09 Å². The molecule has 4 nitrogen and oxygen atoms in total. The van der Waals surface area contributed by atoms with Gasteiger partial charge in [0.1, 0.15) is 5.60 Å². The Hall–Kier alpha value is -2.88. The van der Waals surface area contributed by atoms with Crippen LogP contribution in [0, 0.1) is 0 Å². The third-order valence-electron chi connectivity index (χ3n) is 4.19. The summed E-state index contributed by atoms with van der Waals surface area (Å²) in [7, 11) is 0. The van der Waals surface area contributed by atoms with Crippen molar-refractivity contribution in [2.75, 3.05) is 0 Å². The van der Waals surface area contributed by atoms with E-state index < -0.39 is 11.7 Å². The van der Waals surface area contributed by atoms with E-state index in [-0.39, 0.29) is 6.04 Å². The van der Waals surface area contributed by atoms with Crippen LogP contribution < -0.4 is 0 Å². The third-order valence-corrected chi connectivity index (χ3v) is 4.19. The predicted molar refractivity (Wildman–Crippen MR) is 115 cm³/mol. The van der Waals surface area contributed by atoms with Crippen molar-refractivity contribution in [2.24, 2.45) is 5.10 Å². The summed E-state index contributed by atoms with van der Waals surface area (Å²) in [6, 6.07) is 19.7. The molecule has 4 heteroatoms. The van der Waals surface area contributed by atoms with Gasteiger partial charge in [0.05, 0.1) is 11.8 Å². The molecule has 0 saturated carbocycles. The molecule has 2 aromatic carbocycles. The van der Waals surface area contributed by atoms with Gasteiger partial charge in [-0.1, -0.05) is 66.7 Å². The van der Waals surface area contributed by atoms with Crippen LogP contribution in [0.5, 0.6) is 0 Å². The number of hydrazone groups is 1. The molecule has 2 rings (SSSR count). The van der Waals surface area contributed by atoms with Crippen LogP contribution in [-0.4, -0.2) is 28.5 Å². The van der Waals surface area contributed by atoms with Gasteiger partial charge in [-0.25, -0.2) is 4.79 Å². The van der Waals surface area contributed by atoms with Crippen LogP contribution in [0.3, 0.4) is 0 Å². The van der Waals surface area contributed by atoms with Crippen molar-refractivity contribution in [3.05, 3.63) is 84.4 Å². The largest absolute Gasteiger partial charge is 0.442 e. The fourth-order valence-corrected chi connectivity index (χ4v) is 2.76. The lowest BCUT2D eigenvalue weighted by Crippen LogP contribution is -2.40. The molecule has 28 heavy (non-hydrogen) atoms. The smallest absolute Gasteiger partial charge is 0.431 e. The molecule has 0 saturated heterocycles. The van der Waals surface area contributed by atoms with Crippen molar-refractivity contribution in [3.63, 3.8) is 0 Å². The highest BCUT2D eigenvalue weighted by Gasteiger charge is 2.27. The lowest BCUT2D eigenvalue weighted by Gasteiger charge is -2.29. The Morgan fingerprint density at radius 1 is 1.11 bits per heavy atom. The number of carbonyl (C=O) groups is 1. The molecule has 1 atom stereocenters. The lowest BCUT2D eigenvalue weighted by atomic mass is 10.1. The second kappa shape index (κ2) is 9.88. The SMILES string of the molecule is C=CC(CCc1ccccc1)N(/N=C(\C)c1ccccc1)C(=O)OC(C)(C)C. The summed E-state index contributed by atoms with van der Waals surface area (Å²) in [6.45, 7) is 11.4. The molecular formula is C24H30N2O2. The van der Waals surface area contributed by atoms with Crippen LogP contribution in [0.4, 0.5) is 4.79 Å². The van der Waals surface area contributed by atoms with Crippen molar-refractivity contribution in [1.82, 2.24) is 5.01 Å². The molecule has 0 radical (unpaired) electrons. The molecule has 0 heterocycles. The minimum Gasteiger partial charge on any atom is -0.442 e. The molecular weight excluding hydrogens is 348 g/mol. The van der Waals surface area contributed by atoms with Crippen LogP contribution >= 0.6 is 0 Å². The Bertz CT molecular complexity index is 792. The summed E-state index contributed by atoms with van der Waals surface area (Å²) in [6.07, 6.45) is 2.81. The maximum atomic E-state index is 12.9. The predicted octanol–water partition coefficient (Wildman–Crippen LogP) is 5.84. The van der Waals surface area contributed by atoms with Crippen LogP contribution in [0.15, 0.2) is 78.4 Å². The van der Waals surface area contributed by atoms with Crippen molar-refractivity contribution in [2.45, 2.75) is 52.2 Å². The number of hydrogen-bond donors (Lipinski definition) is 0. The lowest BCUT2D eigenvalue weighted by molar-refractivity contribution is 0.0198. The van der Waals surface area contributed by atoms with Crippen LogP contribution in [0.2, 0.25) is 0 Å². The molecule has 0 spiro atoms. The zero-order valence-electron chi connectivity index (χ0n) is 17.3. The quantitative estimate of drug-likeness (QED) is 0.345. The fraction of sp³-hybridized carbons (Fsp3) is 0.333. The van der Waals surface area contributed by atoms with Gasteiger partial charge in [0.25, 0.3) is 0 Å². The van der Waals surface area contributed by atoms with Crippen molar-refractivity contribution < 1.29 is 9.53 Å². The second-order valence-corrected chi connectivity index (χ2v) is 7.70. The maximum absolute atomic E-state index is 12.9. The Morgan fingerprint density at radius 3 is 2.21 bits per heavy atom. The number of amides is 1. The first-order valence-corrected chi connectivity index (χ1v) is 9.59. The molecule has 0 aliphatic rings. The number of aryl methyl sites for hydroxylation is 1. The average Bonchev–Trinajstić information content (AvgIpc) is 2.67. The molecule has 2 aromatic rings. The van der Waals surface area contributed by atoms with Gasteiger partial charge in [0.15, 0.2) is 0 Å². The van der Waals surface area contributed by atoms with Crippen molar-refractivity contribution in [3.8, 4) is 0 Å². The van der Waals surface area contributed by atoms with Gasteiger partial charge in [-0.3, -0.25) is 0 Å². The van der Waals surface area contributed by atoms with E-state index in [0.29, 0.717) is 6.42 Å². The van der Waals surface area contributed by atoms with E-state index in [9.17, 15) is 4.79 Å². The first kappa shape index (κ1) is 21.4. The number of rotatable bonds is 7. The van der Waals surface area contributed by atoms with Crippen molar-refractivity contribution >= 4 is 11.8 Å². The monoisotopic (exact) mass is 378 g/mol. The minimum atomic E-state index is -0.601. The topological polar surface area (TPSA) is 41.9 Å². The van der Waals surface area contributed by atoms with E-state index in [1.165, 1.54) is 10.6 Å². The van der Waals surface area contributed by atoms with Gasteiger partial charge in [0, 0.05) is 0 Å². The molecule has 0 bridgehead atoms. The maximum Gasteiger partial charge on any atom is 0.431 e. The standard InChI is InChI=1S/C24H30N2O2/c1-6-22(18-17-20-13-9-7-10-14-20)26(23(27)28-24(3,4)5)25-19(2)21-15-11-8-12-16-21/h6-16,22H,1,17-18H2,2-5H3/b25-19+. The van der Waals surface area contributed by atoms with Gasteiger partial charge in [-0.05, 0) is 51.7 Å². The molecule has 0 aliphatic heterocycles. The van der Waals surface area contributed by atoms with E-state index in [1.54, 1.807) is 6.08 Å². The highest BCUT2D eigenvalue weighted by Crippen LogP contribution is 2.18. The summed E-state index contributed by atoms with van der Waals surface area (Å²) in [5.74, 6) is 0. The van der Waals surface area contributed by atoms with E-state index in [2.05, 4.69) is 23.8 Å². The van der Waals surface area contributed by atoms with Crippen LogP contribution in [0.25, 0.3) is 0 Å². The summed E-state index contributed by atoms with van der Waals surface area (Å²) in [5.41, 5.74) is 2.32. The Morgan fingerprint density at radius 2 is 1.68 bits per heavy atom. The summed E-state index contributed by atoms with van der Waals surface area (Å²) in [4.78, 5) is 12.9. The van der Waals surface area contributed by atoms with Gasteiger partial charge in [-0.15, -0.1) is 6.58 Å². The van der Waals surface area contributed by atoms with Gasteiger partial charge < -0.3 is 4.74 Å². The first-order valence-electron chi connectivity index (χ1n) is 9.59. The summed E-state index contributed by atoms with van der Waals surface area (Å²) < 4.78 is 5.60. The number of ether oxygens (including phenoxy) is 1. The van der Waals surface area contributed by atoms with Crippen molar-refractivity contribution in [1.29, 1.82) is 0 Å². The molecule has 1 unspecified atom stereocenters. The van der Waals surface area contributed by atoms with Gasteiger partial charge in [0.2, 0.25) is 0 Å². The van der Waals surface area contributed by atoms with E-state index >= 15 is 0 Å². The summed E-state index contributed by atoms with van der Waals surface area (Å²) in [5, 5.41) is 6.04. The molecule has 1 amide bonds. The van der Waals surface area contributed by atoms with Crippen LogP contribution in [0.1, 0.15) is 45.2 Å². The summed E-state index contributed by atoms with van der Waals surface area (Å²) >= 11 is 0. The minimum absolute atomic E-state index is 0.270. The van der Waals surface area contributed by atoms with Gasteiger partial charge in [-0.2, -0.15) is 10.1 Å². The van der Waals surface area contributed by atoms with Crippen LogP contribution in [-0.2, 0) is 11.2 Å². The number of benzene rings is 2. The van der Waals surface area contributed by atoms with E-state index in [1.807, 2.05) is 76.2 Å². The average molecular weight is 379 g/mol. The number of carbonyl (C=O) groups excluding carboxylic acids is 1. The molecule has 0 fully saturated rings. The van der Waals surface area contributed by atoms with E-state index in [4.69, 9.17) is 4.74 Å². The molecule has 0 aromatic heterocycles. The van der Waals surface area contributed by atoms with E-state index in [0.717, 1.165) is 17.7 Å². The second-order valence-electron chi connectivity index (χ2n) is 7.70. The Labute approximate surface area is 168 Å². The number of hydrogen-bond acceptors (Lipinski definition) is 3. The first-order chi connectivity index (χ1) is 13.3. The molecule has 0 aliphatic carbocycles. The Balaban J connectivity index is 2.27. The zero-order valence-corrected chi connectivity index (χ0v) is 17.3. The third kappa shape index (κ3) is 6.69. The Kier molecular flexibility index (Phi) is 7.56.